The number of alkyl halides is 1. The van der Waals surface area contributed by atoms with Crippen LogP contribution in [-0.2, 0) is 14.4 Å². The van der Waals surface area contributed by atoms with E-state index in [4.69, 9.17) is 0 Å². The third-order valence-electron chi connectivity index (χ3n) is 3.74. The molecular weight excluding hydrogens is 320 g/mol. The minimum atomic E-state index is -2.84. The van der Waals surface area contributed by atoms with Crippen LogP contribution in [0, 0.1) is 11.3 Å². The minimum Gasteiger partial charge on any atom is -0.480 e. The number of aliphatic carboxylic acids is 3. The molecule has 110 valence electrons. The molecule has 0 aromatic carbocycles. The molecular formula is C12H19BrO6. The first-order valence-electron chi connectivity index (χ1n) is 6.04. The van der Waals surface area contributed by atoms with Crippen LogP contribution in [0.25, 0.3) is 0 Å². The molecule has 1 unspecified atom stereocenters. The Balaban J connectivity index is 6.17. The molecule has 6 nitrogen and oxygen atoms in total. The highest BCUT2D eigenvalue weighted by Crippen LogP contribution is 2.47. The lowest BCUT2D eigenvalue weighted by Crippen LogP contribution is -2.57. The van der Waals surface area contributed by atoms with Crippen LogP contribution < -0.4 is 0 Å². The summed E-state index contributed by atoms with van der Waals surface area (Å²) in [6.45, 7) is 5.12. The van der Waals surface area contributed by atoms with Crippen LogP contribution in [0.5, 0.6) is 0 Å². The van der Waals surface area contributed by atoms with Crippen molar-refractivity contribution in [2.24, 2.45) is 11.3 Å². The molecule has 0 aromatic heterocycles. The highest BCUT2D eigenvalue weighted by molar-refractivity contribution is 9.10. The van der Waals surface area contributed by atoms with Crippen LogP contribution in [0.4, 0.5) is 0 Å². The summed E-state index contributed by atoms with van der Waals surface area (Å²) in [4.78, 5) is 34.2. The van der Waals surface area contributed by atoms with Crippen molar-refractivity contribution >= 4 is 33.8 Å². The van der Waals surface area contributed by atoms with Crippen LogP contribution in [0.1, 0.15) is 40.0 Å². The molecule has 1 atom stereocenters. The molecule has 0 heterocycles. The van der Waals surface area contributed by atoms with Gasteiger partial charge in [-0.2, -0.15) is 0 Å². The van der Waals surface area contributed by atoms with Gasteiger partial charge in [0.25, 0.3) is 5.41 Å². The van der Waals surface area contributed by atoms with Gasteiger partial charge in [-0.3, -0.25) is 14.4 Å². The van der Waals surface area contributed by atoms with Crippen molar-refractivity contribution in [3.63, 3.8) is 0 Å². The lowest BCUT2D eigenvalue weighted by molar-refractivity contribution is -0.182. The average Bonchev–Trinajstić information content (AvgIpc) is 2.33. The van der Waals surface area contributed by atoms with Crippen LogP contribution in [0.3, 0.4) is 0 Å². The Hall–Kier alpha value is -1.11. The molecule has 0 radical (unpaired) electrons. The fourth-order valence-corrected chi connectivity index (χ4v) is 3.19. The van der Waals surface area contributed by atoms with E-state index in [1.807, 2.05) is 0 Å². The third-order valence-corrected chi connectivity index (χ3v) is 5.42. The van der Waals surface area contributed by atoms with E-state index in [9.17, 15) is 29.7 Å². The zero-order valence-corrected chi connectivity index (χ0v) is 12.7. The van der Waals surface area contributed by atoms with Crippen molar-refractivity contribution in [2.75, 3.05) is 0 Å². The normalized spacial score (nSPS) is 13.9. The van der Waals surface area contributed by atoms with E-state index in [0.717, 1.165) is 0 Å². The predicted molar refractivity (Wildman–Crippen MR) is 71.4 cm³/mol. The minimum absolute atomic E-state index is 0.123. The van der Waals surface area contributed by atoms with Gasteiger partial charge in [-0.1, -0.05) is 36.7 Å². The van der Waals surface area contributed by atoms with E-state index in [-0.39, 0.29) is 6.42 Å². The number of halogens is 1. The number of hydrogen-bond donors (Lipinski definition) is 3. The predicted octanol–water partition coefficient (Wildman–Crippen LogP) is 2.21. The number of rotatable bonds is 8. The van der Waals surface area contributed by atoms with Gasteiger partial charge in [-0.15, -0.1) is 0 Å². The molecule has 0 aliphatic rings. The fraction of sp³-hybridized carbons (Fsp3) is 0.750. The summed E-state index contributed by atoms with van der Waals surface area (Å²) in [6, 6.07) is 0. The first-order valence-corrected chi connectivity index (χ1v) is 6.83. The largest absolute Gasteiger partial charge is 0.480 e. The molecule has 3 N–H and O–H groups in total. The maximum atomic E-state index is 11.4. The van der Waals surface area contributed by atoms with Gasteiger partial charge in [-0.05, 0) is 19.3 Å². The van der Waals surface area contributed by atoms with Crippen LogP contribution in [0.2, 0.25) is 0 Å². The first-order chi connectivity index (χ1) is 8.64. The summed E-state index contributed by atoms with van der Waals surface area (Å²) in [5.41, 5.74) is -2.84. The molecule has 0 fully saturated rings. The number of carboxylic acids is 3. The molecule has 0 spiro atoms. The molecule has 0 bridgehead atoms. The molecule has 19 heavy (non-hydrogen) atoms. The fourth-order valence-electron chi connectivity index (χ4n) is 2.52. The van der Waals surface area contributed by atoms with Crippen LogP contribution >= 0.6 is 15.9 Å². The highest BCUT2D eigenvalue weighted by atomic mass is 79.9. The van der Waals surface area contributed by atoms with Crippen LogP contribution in [-0.4, -0.2) is 37.6 Å². The van der Waals surface area contributed by atoms with Gasteiger partial charge >= 0.3 is 17.9 Å². The van der Waals surface area contributed by atoms with E-state index < -0.39 is 33.6 Å². The Kier molecular flexibility index (Phi) is 5.99. The van der Waals surface area contributed by atoms with Crippen molar-refractivity contribution in [3.05, 3.63) is 0 Å². The molecule has 0 saturated heterocycles. The summed E-state index contributed by atoms with van der Waals surface area (Å²) < 4.78 is -0.850. The second-order valence-corrected chi connectivity index (χ2v) is 6.01. The van der Waals surface area contributed by atoms with Crippen molar-refractivity contribution in [1.82, 2.24) is 0 Å². The quantitative estimate of drug-likeness (QED) is 0.462. The highest BCUT2D eigenvalue weighted by Gasteiger charge is 2.63. The Labute approximate surface area is 119 Å². The molecule has 0 aliphatic carbocycles. The molecule has 7 heteroatoms. The van der Waals surface area contributed by atoms with Gasteiger partial charge in [0.15, 0.2) is 0 Å². The second-order valence-electron chi connectivity index (χ2n) is 4.43. The number of carbonyl (C=O) groups is 3. The standard InChI is InChI=1S/C12H19BrO6/c1-4-7(11(13,5-2)6-3)12(8(14)15,9(16)17)10(18)19/h7H,4-6H2,1-3H3,(H,14,15)(H,16,17)(H,18,19). The maximum absolute atomic E-state index is 11.4. The summed E-state index contributed by atoms with van der Waals surface area (Å²) in [6.07, 6.45) is 0.979. The van der Waals surface area contributed by atoms with Crippen molar-refractivity contribution in [3.8, 4) is 0 Å². The zero-order valence-electron chi connectivity index (χ0n) is 11.1. The van der Waals surface area contributed by atoms with E-state index >= 15 is 0 Å². The van der Waals surface area contributed by atoms with E-state index in [2.05, 4.69) is 15.9 Å². The van der Waals surface area contributed by atoms with Crippen molar-refractivity contribution < 1.29 is 29.7 Å². The van der Waals surface area contributed by atoms with Crippen LogP contribution in [0.15, 0.2) is 0 Å². The molecule has 0 amide bonds. The molecule has 0 rings (SSSR count). The zero-order chi connectivity index (χ0) is 15.4. The summed E-state index contributed by atoms with van der Waals surface area (Å²) in [5.74, 6) is -6.59. The first kappa shape index (κ1) is 17.9. The Morgan fingerprint density at radius 1 is 0.947 bits per heavy atom. The van der Waals surface area contributed by atoms with Gasteiger partial charge in [0, 0.05) is 10.2 Å². The van der Waals surface area contributed by atoms with E-state index in [1.54, 1.807) is 20.8 Å². The lowest BCUT2D eigenvalue weighted by Gasteiger charge is -2.40. The maximum Gasteiger partial charge on any atom is 0.333 e. The smallest absolute Gasteiger partial charge is 0.333 e. The second kappa shape index (κ2) is 6.36. The van der Waals surface area contributed by atoms with Gasteiger partial charge in [0.2, 0.25) is 0 Å². The van der Waals surface area contributed by atoms with Crippen molar-refractivity contribution in [2.45, 2.75) is 44.4 Å². The Morgan fingerprint density at radius 3 is 1.42 bits per heavy atom. The average molecular weight is 339 g/mol. The van der Waals surface area contributed by atoms with Gasteiger partial charge in [-0.25, -0.2) is 0 Å². The lowest BCUT2D eigenvalue weighted by atomic mass is 9.66. The summed E-state index contributed by atoms with van der Waals surface area (Å²) in [5, 5.41) is 27.7. The number of carboxylic acid groups (broad SMARTS) is 3. The van der Waals surface area contributed by atoms with Gasteiger partial charge < -0.3 is 15.3 Å². The monoisotopic (exact) mass is 338 g/mol. The van der Waals surface area contributed by atoms with E-state index in [0.29, 0.717) is 12.8 Å². The van der Waals surface area contributed by atoms with E-state index in [1.165, 1.54) is 0 Å². The SMILES string of the molecule is CCC(C(Br)(CC)CC)C(C(=O)O)(C(=O)O)C(=O)O. The topological polar surface area (TPSA) is 112 Å². The summed E-state index contributed by atoms with van der Waals surface area (Å²) >= 11 is 3.36. The molecule has 0 aromatic rings. The summed E-state index contributed by atoms with van der Waals surface area (Å²) in [7, 11) is 0. The third kappa shape index (κ3) is 2.75. The van der Waals surface area contributed by atoms with Gasteiger partial charge in [0.05, 0.1) is 0 Å². The Bertz CT molecular complexity index is 338. The Morgan fingerprint density at radius 2 is 1.26 bits per heavy atom. The molecule has 0 saturated carbocycles. The number of hydrogen-bond acceptors (Lipinski definition) is 3. The van der Waals surface area contributed by atoms with Crippen molar-refractivity contribution in [1.29, 1.82) is 0 Å². The molecule has 0 aliphatic heterocycles. The van der Waals surface area contributed by atoms with Gasteiger partial charge in [0.1, 0.15) is 0 Å².